The summed E-state index contributed by atoms with van der Waals surface area (Å²) in [5.74, 6) is -0.671. The van der Waals surface area contributed by atoms with Gasteiger partial charge < -0.3 is 9.80 Å². The number of amides is 1. The number of carbonyl (C=O) groups is 1. The van der Waals surface area contributed by atoms with Crippen molar-refractivity contribution in [2.45, 2.75) is 25.9 Å². The lowest BCUT2D eigenvalue weighted by Crippen LogP contribution is -2.56. The fraction of sp³-hybridized carbons (Fsp3) is 0.562. The highest BCUT2D eigenvalue weighted by Gasteiger charge is 2.30. The maximum absolute atomic E-state index is 14.2. The number of anilines is 1. The van der Waals surface area contributed by atoms with Crippen LogP contribution in [-0.2, 0) is 0 Å². The van der Waals surface area contributed by atoms with E-state index in [0.29, 0.717) is 13.1 Å². The minimum atomic E-state index is -0.453. The highest BCUT2D eigenvalue weighted by atomic mass is 19.1. The monoisotopic (exact) mass is 293 g/mol. The van der Waals surface area contributed by atoms with Crippen molar-refractivity contribution < 1.29 is 9.18 Å². The minimum Gasteiger partial charge on any atom is -0.378 e. The van der Waals surface area contributed by atoms with E-state index in [2.05, 4.69) is 25.8 Å². The van der Waals surface area contributed by atoms with Gasteiger partial charge in [0.05, 0.1) is 5.56 Å². The Labute approximate surface area is 126 Å². The van der Waals surface area contributed by atoms with Crippen molar-refractivity contribution in [3.05, 3.63) is 29.6 Å². The Kier molecular flexibility index (Phi) is 4.52. The van der Waals surface area contributed by atoms with Gasteiger partial charge in [-0.15, -0.1) is 0 Å². The number of rotatable bonds is 2. The highest BCUT2D eigenvalue weighted by Crippen LogP contribution is 2.21. The molecule has 1 aliphatic heterocycles. The third-order valence-electron chi connectivity index (χ3n) is 4.35. The summed E-state index contributed by atoms with van der Waals surface area (Å²) in [5.41, 5.74) is 0.911. The highest BCUT2D eigenvalue weighted by molar-refractivity contribution is 5.95. The number of piperazine rings is 1. The van der Waals surface area contributed by atoms with Crippen molar-refractivity contribution in [2.75, 3.05) is 39.1 Å². The topological polar surface area (TPSA) is 26.8 Å². The predicted molar refractivity (Wildman–Crippen MR) is 83.3 cm³/mol. The zero-order valence-corrected chi connectivity index (χ0v) is 13.4. The molecule has 1 saturated heterocycles. The Balaban J connectivity index is 2.20. The minimum absolute atomic E-state index is 0.157. The molecule has 0 unspecified atom stereocenters. The van der Waals surface area contributed by atoms with Crippen LogP contribution in [0.1, 0.15) is 24.2 Å². The molecular formula is C16H24FN3O. The molecule has 1 aliphatic rings. The van der Waals surface area contributed by atoms with Gasteiger partial charge in [0.25, 0.3) is 5.91 Å². The summed E-state index contributed by atoms with van der Waals surface area (Å²) in [4.78, 5) is 18.4. The summed E-state index contributed by atoms with van der Waals surface area (Å²) in [6.07, 6.45) is 0. The Morgan fingerprint density at radius 2 is 1.81 bits per heavy atom. The molecule has 4 nitrogen and oxygen atoms in total. The molecule has 1 amide bonds. The average molecular weight is 293 g/mol. The molecule has 5 heteroatoms. The smallest absolute Gasteiger partial charge is 0.256 e. The molecule has 0 radical (unpaired) electrons. The molecule has 21 heavy (non-hydrogen) atoms. The van der Waals surface area contributed by atoms with E-state index in [9.17, 15) is 9.18 Å². The number of halogens is 1. The summed E-state index contributed by atoms with van der Waals surface area (Å²) < 4.78 is 14.2. The van der Waals surface area contributed by atoms with Crippen LogP contribution in [-0.4, -0.2) is 62.0 Å². The molecule has 1 aromatic rings. The first-order valence-corrected chi connectivity index (χ1v) is 7.29. The maximum Gasteiger partial charge on any atom is 0.256 e. The van der Waals surface area contributed by atoms with Crippen molar-refractivity contribution in [3.63, 3.8) is 0 Å². The second kappa shape index (κ2) is 6.02. The lowest BCUT2D eigenvalue weighted by Gasteiger charge is -2.42. The standard InChI is InChI=1S/C16H24FN3O/c1-11-9-20(10-12(2)19(11)5)16(21)14-7-6-13(18(3)4)8-15(14)17/h6-8,11-12H,9-10H2,1-5H3/t11-,12+. The number of carbonyl (C=O) groups excluding carboxylic acids is 1. The molecule has 1 aromatic carbocycles. The number of hydrogen-bond acceptors (Lipinski definition) is 3. The largest absolute Gasteiger partial charge is 0.378 e. The summed E-state index contributed by atoms with van der Waals surface area (Å²) in [7, 11) is 5.75. The molecule has 0 aromatic heterocycles. The second-order valence-corrected chi connectivity index (χ2v) is 6.13. The average Bonchev–Trinajstić information content (AvgIpc) is 2.43. The number of benzene rings is 1. The zero-order valence-electron chi connectivity index (χ0n) is 13.4. The summed E-state index contributed by atoms with van der Waals surface area (Å²) in [6, 6.07) is 5.33. The fourth-order valence-corrected chi connectivity index (χ4v) is 2.70. The summed E-state index contributed by atoms with van der Waals surface area (Å²) in [6.45, 7) is 5.44. The van der Waals surface area contributed by atoms with Crippen molar-refractivity contribution in [2.24, 2.45) is 0 Å². The summed E-state index contributed by atoms with van der Waals surface area (Å²) in [5, 5.41) is 0. The van der Waals surface area contributed by atoms with Gasteiger partial charge in [0.15, 0.2) is 0 Å². The third-order valence-corrected chi connectivity index (χ3v) is 4.35. The molecule has 0 saturated carbocycles. The second-order valence-electron chi connectivity index (χ2n) is 6.13. The van der Waals surface area contributed by atoms with Crippen LogP contribution in [0.15, 0.2) is 18.2 Å². The van der Waals surface area contributed by atoms with Crippen LogP contribution < -0.4 is 4.90 Å². The lowest BCUT2D eigenvalue weighted by atomic mass is 10.1. The summed E-state index contributed by atoms with van der Waals surface area (Å²) >= 11 is 0. The van der Waals surface area contributed by atoms with Crippen LogP contribution in [0, 0.1) is 5.82 Å². The van der Waals surface area contributed by atoms with Crippen LogP contribution in [0.2, 0.25) is 0 Å². The number of hydrogen-bond donors (Lipinski definition) is 0. The van der Waals surface area contributed by atoms with Crippen LogP contribution in [0.5, 0.6) is 0 Å². The quantitative estimate of drug-likeness (QED) is 0.835. The molecule has 2 atom stereocenters. The molecule has 2 rings (SSSR count). The molecule has 116 valence electrons. The first kappa shape index (κ1) is 15.8. The van der Waals surface area contributed by atoms with Crippen molar-refractivity contribution >= 4 is 11.6 Å². The van der Waals surface area contributed by atoms with Gasteiger partial charge in [-0.05, 0) is 39.1 Å². The van der Waals surface area contributed by atoms with Gasteiger partial charge in [0.2, 0.25) is 0 Å². The van der Waals surface area contributed by atoms with Gasteiger partial charge in [-0.3, -0.25) is 9.69 Å². The molecule has 0 N–H and O–H groups in total. The Bertz CT molecular complexity index is 520. The van der Waals surface area contributed by atoms with Crippen LogP contribution in [0.3, 0.4) is 0 Å². The number of nitrogens with zero attached hydrogens (tertiary/aromatic N) is 3. The molecule has 0 aliphatic carbocycles. The van der Waals surface area contributed by atoms with E-state index in [4.69, 9.17) is 0 Å². The first-order valence-electron chi connectivity index (χ1n) is 7.29. The fourth-order valence-electron chi connectivity index (χ4n) is 2.70. The van der Waals surface area contributed by atoms with Gasteiger partial charge in [-0.2, -0.15) is 0 Å². The van der Waals surface area contributed by atoms with Crippen molar-refractivity contribution in [3.8, 4) is 0 Å². The van der Waals surface area contributed by atoms with Gasteiger partial charge >= 0.3 is 0 Å². The van der Waals surface area contributed by atoms with Crippen LogP contribution >= 0.6 is 0 Å². The van der Waals surface area contributed by atoms with Gasteiger partial charge in [-0.1, -0.05) is 0 Å². The predicted octanol–water partition coefficient (Wildman–Crippen LogP) is 2.06. The Morgan fingerprint density at radius 3 is 2.29 bits per heavy atom. The van der Waals surface area contributed by atoms with E-state index >= 15 is 0 Å². The number of likely N-dealkylation sites (N-methyl/N-ethyl adjacent to an activating group) is 1. The van der Waals surface area contributed by atoms with E-state index < -0.39 is 5.82 Å². The van der Waals surface area contributed by atoms with E-state index in [1.54, 1.807) is 17.0 Å². The van der Waals surface area contributed by atoms with E-state index in [1.165, 1.54) is 6.07 Å². The molecule has 0 bridgehead atoms. The lowest BCUT2D eigenvalue weighted by molar-refractivity contribution is 0.0410. The van der Waals surface area contributed by atoms with Gasteiger partial charge in [-0.25, -0.2) is 4.39 Å². The normalized spacial score (nSPS) is 23.2. The van der Waals surface area contributed by atoms with Crippen LogP contribution in [0.4, 0.5) is 10.1 Å². The Hall–Kier alpha value is -1.62. The van der Waals surface area contributed by atoms with Crippen molar-refractivity contribution in [1.82, 2.24) is 9.80 Å². The first-order chi connectivity index (χ1) is 9.81. The SMILES string of the molecule is C[C@@H]1CN(C(=O)c2ccc(N(C)C)cc2F)C[C@H](C)N1C. The van der Waals surface area contributed by atoms with Gasteiger partial charge in [0, 0.05) is 45.0 Å². The molecule has 0 spiro atoms. The molecule has 1 heterocycles. The zero-order chi connectivity index (χ0) is 15.7. The van der Waals surface area contributed by atoms with E-state index in [1.807, 2.05) is 19.0 Å². The molecular weight excluding hydrogens is 269 g/mol. The maximum atomic E-state index is 14.2. The third kappa shape index (κ3) is 3.18. The molecule has 1 fully saturated rings. The van der Waals surface area contributed by atoms with Crippen LogP contribution in [0.25, 0.3) is 0 Å². The van der Waals surface area contributed by atoms with E-state index in [0.717, 1.165) is 5.69 Å². The Morgan fingerprint density at radius 1 is 1.24 bits per heavy atom. The van der Waals surface area contributed by atoms with E-state index in [-0.39, 0.29) is 23.6 Å². The van der Waals surface area contributed by atoms with Crippen molar-refractivity contribution in [1.29, 1.82) is 0 Å². The van der Waals surface area contributed by atoms with Gasteiger partial charge in [0.1, 0.15) is 5.82 Å².